The van der Waals surface area contributed by atoms with E-state index in [9.17, 15) is 4.79 Å². The third kappa shape index (κ3) is 3.02. The van der Waals surface area contributed by atoms with Crippen LogP contribution < -0.4 is 14.8 Å². The predicted molar refractivity (Wildman–Crippen MR) is 95.0 cm³/mol. The minimum Gasteiger partial charge on any atom is -0.485 e. The molecule has 0 spiro atoms. The molecule has 1 aliphatic heterocycles. The average Bonchev–Trinajstić information content (AvgIpc) is 3.33. The average molecular weight is 357 g/mol. The Morgan fingerprint density at radius 2 is 2.00 bits per heavy atom. The summed E-state index contributed by atoms with van der Waals surface area (Å²) in [5.41, 5.74) is 1.08. The molecule has 4 nitrogen and oxygen atoms in total. The standard InChI is InChI=1S/C18H15NO3S2/c20-18(15-10-21-13-4-1-2-5-14(13)22-15)19-17(12-7-9-23-11-12)16-6-3-8-24-16/h1-9,11,15,17H,10H2,(H,19,20). The van der Waals surface area contributed by atoms with Gasteiger partial charge in [0.2, 0.25) is 6.10 Å². The first-order chi connectivity index (χ1) is 11.8. The number of benzene rings is 1. The number of nitrogens with one attached hydrogen (secondary N) is 1. The molecule has 0 saturated carbocycles. The van der Waals surface area contributed by atoms with Crippen molar-refractivity contribution in [3.05, 3.63) is 69.0 Å². The summed E-state index contributed by atoms with van der Waals surface area (Å²) < 4.78 is 11.4. The fourth-order valence-corrected chi connectivity index (χ4v) is 4.09. The number of carbonyl (C=O) groups excluding carboxylic acids is 1. The van der Waals surface area contributed by atoms with Crippen LogP contribution in [0.4, 0.5) is 0 Å². The number of hydrogen-bond donors (Lipinski definition) is 1. The summed E-state index contributed by atoms with van der Waals surface area (Å²) in [4.78, 5) is 13.8. The van der Waals surface area contributed by atoms with E-state index in [1.165, 1.54) is 0 Å². The number of para-hydroxylation sites is 2. The van der Waals surface area contributed by atoms with E-state index in [4.69, 9.17) is 9.47 Å². The first-order valence-electron chi connectivity index (χ1n) is 7.55. The maximum absolute atomic E-state index is 12.7. The molecule has 1 aromatic carbocycles. The van der Waals surface area contributed by atoms with Crippen LogP contribution in [0.3, 0.4) is 0 Å². The molecule has 0 radical (unpaired) electrons. The molecular formula is C18H15NO3S2. The van der Waals surface area contributed by atoms with Gasteiger partial charge in [-0.2, -0.15) is 11.3 Å². The summed E-state index contributed by atoms with van der Waals surface area (Å²) in [6.45, 7) is 0.212. The second-order valence-corrected chi connectivity index (χ2v) is 7.14. The van der Waals surface area contributed by atoms with Gasteiger partial charge in [0, 0.05) is 4.88 Å². The van der Waals surface area contributed by atoms with Crippen molar-refractivity contribution in [1.82, 2.24) is 5.32 Å². The third-order valence-electron chi connectivity index (χ3n) is 3.79. The lowest BCUT2D eigenvalue weighted by molar-refractivity contribution is -0.130. The highest BCUT2D eigenvalue weighted by Gasteiger charge is 2.30. The van der Waals surface area contributed by atoms with E-state index in [0.717, 1.165) is 10.4 Å². The van der Waals surface area contributed by atoms with Gasteiger partial charge in [-0.05, 0) is 46.0 Å². The van der Waals surface area contributed by atoms with Gasteiger partial charge in [-0.1, -0.05) is 18.2 Å². The van der Waals surface area contributed by atoms with Crippen LogP contribution in [-0.4, -0.2) is 18.6 Å². The number of carbonyl (C=O) groups is 1. The zero-order valence-corrected chi connectivity index (χ0v) is 14.3. The zero-order valence-electron chi connectivity index (χ0n) is 12.7. The molecule has 1 aliphatic rings. The Morgan fingerprint density at radius 3 is 2.75 bits per heavy atom. The first-order valence-corrected chi connectivity index (χ1v) is 9.38. The Kier molecular flexibility index (Phi) is 4.23. The highest BCUT2D eigenvalue weighted by molar-refractivity contribution is 7.10. The van der Waals surface area contributed by atoms with E-state index in [-0.39, 0.29) is 18.6 Å². The van der Waals surface area contributed by atoms with Crippen molar-refractivity contribution in [2.24, 2.45) is 0 Å². The van der Waals surface area contributed by atoms with E-state index in [0.29, 0.717) is 11.5 Å². The Hall–Kier alpha value is -2.31. The molecule has 6 heteroatoms. The maximum Gasteiger partial charge on any atom is 0.265 e. The number of fused-ring (bicyclic) bond motifs is 1. The summed E-state index contributed by atoms with van der Waals surface area (Å²) in [6, 6.07) is 13.3. The summed E-state index contributed by atoms with van der Waals surface area (Å²) in [6.07, 6.45) is -0.652. The molecule has 0 saturated heterocycles. The van der Waals surface area contributed by atoms with E-state index in [2.05, 4.69) is 10.7 Å². The Bertz CT molecular complexity index is 780. The third-order valence-corrected chi connectivity index (χ3v) is 5.43. The smallest absolute Gasteiger partial charge is 0.265 e. The lowest BCUT2D eigenvalue weighted by Gasteiger charge is -2.27. The van der Waals surface area contributed by atoms with Gasteiger partial charge >= 0.3 is 0 Å². The van der Waals surface area contributed by atoms with Gasteiger partial charge in [0.1, 0.15) is 6.61 Å². The van der Waals surface area contributed by atoms with Gasteiger partial charge in [0.05, 0.1) is 6.04 Å². The van der Waals surface area contributed by atoms with Crippen LogP contribution in [0.2, 0.25) is 0 Å². The quantitative estimate of drug-likeness (QED) is 0.771. The lowest BCUT2D eigenvalue weighted by atomic mass is 10.1. The molecule has 1 amide bonds. The van der Waals surface area contributed by atoms with E-state index in [1.54, 1.807) is 22.7 Å². The predicted octanol–water partition coefficient (Wildman–Crippen LogP) is 3.86. The molecule has 2 unspecified atom stereocenters. The van der Waals surface area contributed by atoms with Gasteiger partial charge in [-0.25, -0.2) is 0 Å². The fraction of sp³-hybridized carbons (Fsp3) is 0.167. The Balaban J connectivity index is 1.52. The molecule has 4 rings (SSSR count). The highest BCUT2D eigenvalue weighted by atomic mass is 32.1. The number of rotatable bonds is 4. The van der Waals surface area contributed by atoms with Crippen LogP contribution >= 0.6 is 22.7 Å². The molecule has 2 atom stereocenters. The van der Waals surface area contributed by atoms with Crippen molar-refractivity contribution in [3.8, 4) is 11.5 Å². The topological polar surface area (TPSA) is 47.6 Å². The maximum atomic E-state index is 12.7. The summed E-state index contributed by atoms with van der Waals surface area (Å²) in [5.74, 6) is 1.11. The number of hydrogen-bond acceptors (Lipinski definition) is 5. The molecule has 3 aromatic rings. The molecular weight excluding hydrogens is 342 g/mol. The van der Waals surface area contributed by atoms with Crippen LogP contribution in [0.5, 0.6) is 11.5 Å². The first kappa shape index (κ1) is 15.2. The van der Waals surface area contributed by atoms with Crippen LogP contribution in [0.1, 0.15) is 16.5 Å². The molecule has 0 aliphatic carbocycles. The number of ether oxygens (including phenoxy) is 2. The monoisotopic (exact) mass is 357 g/mol. The van der Waals surface area contributed by atoms with Crippen molar-refractivity contribution >= 4 is 28.6 Å². The summed E-state index contributed by atoms with van der Waals surface area (Å²) >= 11 is 3.24. The van der Waals surface area contributed by atoms with Gasteiger partial charge in [-0.3, -0.25) is 4.79 Å². The van der Waals surface area contributed by atoms with Crippen LogP contribution in [-0.2, 0) is 4.79 Å². The normalized spacial score (nSPS) is 17.2. The van der Waals surface area contributed by atoms with Gasteiger partial charge in [0.15, 0.2) is 11.5 Å². The second-order valence-electron chi connectivity index (χ2n) is 5.38. The van der Waals surface area contributed by atoms with Crippen LogP contribution in [0.15, 0.2) is 58.6 Å². The molecule has 2 aromatic heterocycles. The van der Waals surface area contributed by atoms with Crippen molar-refractivity contribution in [3.63, 3.8) is 0 Å². The summed E-state index contributed by atoms with van der Waals surface area (Å²) in [7, 11) is 0. The van der Waals surface area contributed by atoms with Crippen LogP contribution in [0.25, 0.3) is 0 Å². The highest BCUT2D eigenvalue weighted by Crippen LogP contribution is 2.32. The van der Waals surface area contributed by atoms with Gasteiger partial charge < -0.3 is 14.8 Å². The molecule has 0 bridgehead atoms. The lowest BCUT2D eigenvalue weighted by Crippen LogP contribution is -2.45. The van der Waals surface area contributed by atoms with Crippen molar-refractivity contribution in [2.45, 2.75) is 12.1 Å². The van der Waals surface area contributed by atoms with E-state index >= 15 is 0 Å². The number of thiophene rings is 2. The van der Waals surface area contributed by atoms with Crippen molar-refractivity contribution < 1.29 is 14.3 Å². The fourth-order valence-electron chi connectivity index (χ4n) is 2.60. The largest absolute Gasteiger partial charge is 0.485 e. The SMILES string of the molecule is O=C(NC(c1ccsc1)c1cccs1)C1COc2ccccc2O1. The van der Waals surface area contributed by atoms with Crippen LogP contribution in [0, 0.1) is 0 Å². The molecule has 3 heterocycles. The molecule has 122 valence electrons. The summed E-state index contributed by atoms with van der Waals surface area (Å²) in [5, 5.41) is 9.17. The molecule has 24 heavy (non-hydrogen) atoms. The molecule has 1 N–H and O–H groups in total. The Morgan fingerprint density at radius 1 is 1.12 bits per heavy atom. The second kappa shape index (κ2) is 6.67. The Labute approximate surface area is 147 Å². The minimum atomic E-state index is -0.652. The van der Waals surface area contributed by atoms with E-state index in [1.807, 2.05) is 53.2 Å². The van der Waals surface area contributed by atoms with E-state index < -0.39 is 6.10 Å². The van der Waals surface area contributed by atoms with Gasteiger partial charge in [-0.15, -0.1) is 11.3 Å². The molecule has 0 fully saturated rings. The minimum absolute atomic E-state index is 0.162. The van der Waals surface area contributed by atoms with Gasteiger partial charge in [0.25, 0.3) is 5.91 Å². The number of amides is 1. The van der Waals surface area contributed by atoms with Crippen molar-refractivity contribution in [2.75, 3.05) is 6.61 Å². The zero-order chi connectivity index (χ0) is 16.4. The van der Waals surface area contributed by atoms with Crippen molar-refractivity contribution in [1.29, 1.82) is 0 Å².